The third-order valence-electron chi connectivity index (χ3n) is 3.36. The van der Waals surface area contributed by atoms with Crippen molar-refractivity contribution in [3.05, 3.63) is 71.9 Å². The molecule has 0 fully saturated rings. The van der Waals surface area contributed by atoms with E-state index >= 15 is 0 Å². The Hall–Kier alpha value is -3.01. The Morgan fingerprint density at radius 1 is 0.955 bits per heavy atom. The van der Waals surface area contributed by atoms with E-state index < -0.39 is 0 Å². The van der Waals surface area contributed by atoms with Crippen LogP contribution in [0.3, 0.4) is 0 Å². The molecular weight excluding hydrogens is 276 g/mol. The highest BCUT2D eigenvalue weighted by Gasteiger charge is 2.09. The molecule has 0 unspecified atom stereocenters. The molecule has 2 aromatic carbocycles. The lowest BCUT2D eigenvalue weighted by Crippen LogP contribution is -2.14. The van der Waals surface area contributed by atoms with E-state index in [1.165, 1.54) is 6.92 Å². The predicted octanol–water partition coefficient (Wildman–Crippen LogP) is 3.69. The Labute approximate surface area is 127 Å². The highest BCUT2D eigenvalue weighted by molar-refractivity contribution is 6.04. The van der Waals surface area contributed by atoms with Gasteiger partial charge in [0.15, 0.2) is 5.78 Å². The van der Waals surface area contributed by atoms with Gasteiger partial charge >= 0.3 is 0 Å². The first-order valence-electron chi connectivity index (χ1n) is 6.91. The first-order chi connectivity index (χ1) is 10.6. The number of Topliss-reactive ketones (excluding diaryl/α,β-unsaturated/α-hetero) is 1. The van der Waals surface area contributed by atoms with Crippen molar-refractivity contribution in [3.8, 4) is 0 Å². The number of hydrogen-bond donors (Lipinski definition) is 1. The van der Waals surface area contributed by atoms with E-state index in [-0.39, 0.29) is 11.7 Å². The van der Waals surface area contributed by atoms with Crippen LogP contribution in [-0.4, -0.2) is 16.7 Å². The third-order valence-corrected chi connectivity index (χ3v) is 3.36. The number of aromatic nitrogens is 1. The summed E-state index contributed by atoms with van der Waals surface area (Å²) in [5.41, 5.74) is 2.25. The van der Waals surface area contributed by atoms with Crippen LogP contribution in [0.15, 0.2) is 60.7 Å². The van der Waals surface area contributed by atoms with Crippen molar-refractivity contribution < 1.29 is 9.59 Å². The maximum absolute atomic E-state index is 12.3. The molecule has 0 saturated heterocycles. The van der Waals surface area contributed by atoms with Gasteiger partial charge in [0.2, 0.25) is 0 Å². The van der Waals surface area contributed by atoms with E-state index in [0.717, 1.165) is 10.9 Å². The summed E-state index contributed by atoms with van der Waals surface area (Å²) in [6.45, 7) is 1.49. The fourth-order valence-corrected chi connectivity index (χ4v) is 2.20. The minimum atomic E-state index is -0.300. The topological polar surface area (TPSA) is 59.1 Å². The number of benzene rings is 2. The van der Waals surface area contributed by atoms with Crippen molar-refractivity contribution in [2.24, 2.45) is 0 Å². The van der Waals surface area contributed by atoms with Crippen molar-refractivity contribution in [1.82, 2.24) is 4.98 Å². The Morgan fingerprint density at radius 3 is 2.59 bits per heavy atom. The summed E-state index contributed by atoms with van der Waals surface area (Å²) in [7, 11) is 0. The Kier molecular flexibility index (Phi) is 3.66. The lowest BCUT2D eigenvalue weighted by molar-refractivity contribution is 0.100. The van der Waals surface area contributed by atoms with Gasteiger partial charge in [-0.3, -0.25) is 9.59 Å². The van der Waals surface area contributed by atoms with Gasteiger partial charge in [-0.2, -0.15) is 0 Å². The van der Waals surface area contributed by atoms with Crippen LogP contribution in [0, 0.1) is 0 Å². The van der Waals surface area contributed by atoms with Gasteiger partial charge in [-0.15, -0.1) is 0 Å². The lowest BCUT2D eigenvalue weighted by Gasteiger charge is -2.06. The highest BCUT2D eigenvalue weighted by atomic mass is 16.2. The maximum atomic E-state index is 12.3. The molecule has 0 aliphatic heterocycles. The Morgan fingerprint density at radius 2 is 1.77 bits per heavy atom. The molecule has 3 aromatic rings. The van der Waals surface area contributed by atoms with Crippen molar-refractivity contribution >= 4 is 28.3 Å². The average Bonchev–Trinajstić information content (AvgIpc) is 2.54. The fraction of sp³-hybridized carbons (Fsp3) is 0.0556. The number of nitrogens with zero attached hydrogens (tertiary/aromatic N) is 1. The summed E-state index contributed by atoms with van der Waals surface area (Å²) < 4.78 is 0. The van der Waals surface area contributed by atoms with Crippen molar-refractivity contribution in [2.75, 3.05) is 5.32 Å². The van der Waals surface area contributed by atoms with Crippen LogP contribution in [0.2, 0.25) is 0 Å². The zero-order valence-electron chi connectivity index (χ0n) is 12.0. The van der Waals surface area contributed by atoms with Crippen molar-refractivity contribution in [1.29, 1.82) is 0 Å². The summed E-state index contributed by atoms with van der Waals surface area (Å²) in [6, 6.07) is 18.0. The first kappa shape index (κ1) is 13.9. The van der Waals surface area contributed by atoms with Crippen LogP contribution in [0.25, 0.3) is 10.9 Å². The van der Waals surface area contributed by atoms with E-state index in [0.29, 0.717) is 16.9 Å². The van der Waals surface area contributed by atoms with Crippen LogP contribution in [0.1, 0.15) is 27.8 Å². The number of anilines is 1. The van der Waals surface area contributed by atoms with E-state index in [1.54, 1.807) is 30.3 Å². The summed E-state index contributed by atoms with van der Waals surface area (Å²) in [4.78, 5) is 28.0. The van der Waals surface area contributed by atoms with Crippen molar-refractivity contribution in [3.63, 3.8) is 0 Å². The molecule has 1 heterocycles. The smallest absolute Gasteiger partial charge is 0.274 e. The van der Waals surface area contributed by atoms with Crippen LogP contribution >= 0.6 is 0 Å². The molecule has 22 heavy (non-hydrogen) atoms. The number of nitrogens with one attached hydrogen (secondary N) is 1. The molecule has 1 amide bonds. The Balaban J connectivity index is 1.86. The molecular formula is C18H14N2O2. The van der Waals surface area contributed by atoms with Crippen molar-refractivity contribution in [2.45, 2.75) is 6.92 Å². The summed E-state index contributed by atoms with van der Waals surface area (Å²) >= 11 is 0. The maximum Gasteiger partial charge on any atom is 0.274 e. The quantitative estimate of drug-likeness (QED) is 0.748. The van der Waals surface area contributed by atoms with Crippen LogP contribution in [0.5, 0.6) is 0 Å². The van der Waals surface area contributed by atoms with E-state index in [1.807, 2.05) is 30.3 Å². The molecule has 4 nitrogen and oxygen atoms in total. The number of amides is 1. The summed E-state index contributed by atoms with van der Waals surface area (Å²) in [5.74, 6) is -0.341. The van der Waals surface area contributed by atoms with Gasteiger partial charge in [-0.25, -0.2) is 4.98 Å². The third kappa shape index (κ3) is 2.86. The molecule has 3 rings (SSSR count). The molecule has 0 saturated carbocycles. The largest absolute Gasteiger partial charge is 0.321 e. The number of pyridine rings is 1. The molecule has 0 aliphatic rings. The second-order valence-corrected chi connectivity index (χ2v) is 4.98. The molecule has 0 atom stereocenters. The van der Waals surface area contributed by atoms with Gasteiger partial charge in [0, 0.05) is 16.6 Å². The zero-order chi connectivity index (χ0) is 15.5. The molecule has 0 radical (unpaired) electrons. The first-order valence-corrected chi connectivity index (χ1v) is 6.91. The molecule has 4 heteroatoms. The highest BCUT2D eigenvalue weighted by Crippen LogP contribution is 2.15. The SMILES string of the molecule is CC(=O)c1cccc(NC(=O)c2ccc3ccccc3n2)c1. The van der Waals surface area contributed by atoms with Gasteiger partial charge in [0.1, 0.15) is 5.69 Å². The van der Waals surface area contributed by atoms with Gasteiger partial charge in [0.05, 0.1) is 5.52 Å². The van der Waals surface area contributed by atoms with Gasteiger partial charge in [-0.05, 0) is 31.2 Å². The van der Waals surface area contributed by atoms with Gasteiger partial charge in [0.25, 0.3) is 5.91 Å². The van der Waals surface area contributed by atoms with Gasteiger partial charge in [-0.1, -0.05) is 36.4 Å². The molecule has 1 aromatic heterocycles. The second kappa shape index (κ2) is 5.77. The second-order valence-electron chi connectivity index (χ2n) is 4.98. The number of rotatable bonds is 3. The number of ketones is 1. The number of fused-ring (bicyclic) bond motifs is 1. The lowest BCUT2D eigenvalue weighted by atomic mass is 10.1. The molecule has 0 bridgehead atoms. The van der Waals surface area contributed by atoms with Crippen LogP contribution in [0.4, 0.5) is 5.69 Å². The minimum absolute atomic E-state index is 0.0417. The normalized spacial score (nSPS) is 10.4. The number of carbonyl (C=O) groups is 2. The minimum Gasteiger partial charge on any atom is -0.321 e. The Bertz CT molecular complexity index is 872. The molecule has 108 valence electrons. The van der Waals surface area contributed by atoms with Crippen LogP contribution < -0.4 is 5.32 Å². The number of carbonyl (C=O) groups excluding carboxylic acids is 2. The molecule has 1 N–H and O–H groups in total. The number of para-hydroxylation sites is 1. The average molecular weight is 290 g/mol. The summed E-state index contributed by atoms with van der Waals surface area (Å²) in [5, 5.41) is 3.75. The molecule has 0 spiro atoms. The van der Waals surface area contributed by atoms with E-state index in [9.17, 15) is 9.59 Å². The van der Waals surface area contributed by atoms with E-state index in [4.69, 9.17) is 0 Å². The summed E-state index contributed by atoms with van der Waals surface area (Å²) in [6.07, 6.45) is 0. The number of hydrogen-bond acceptors (Lipinski definition) is 3. The fourth-order valence-electron chi connectivity index (χ4n) is 2.20. The monoisotopic (exact) mass is 290 g/mol. The molecule has 0 aliphatic carbocycles. The van der Waals surface area contributed by atoms with Crippen LogP contribution in [-0.2, 0) is 0 Å². The predicted molar refractivity (Wildman–Crippen MR) is 86.1 cm³/mol. The zero-order valence-corrected chi connectivity index (χ0v) is 12.0. The standard InChI is InChI=1S/C18H14N2O2/c1-12(21)14-6-4-7-15(11-14)19-18(22)17-10-9-13-5-2-3-8-16(13)20-17/h2-11H,1H3,(H,19,22). The van der Waals surface area contributed by atoms with Gasteiger partial charge < -0.3 is 5.32 Å². The van der Waals surface area contributed by atoms with E-state index in [2.05, 4.69) is 10.3 Å².